The van der Waals surface area contributed by atoms with Crippen LogP contribution in [0.1, 0.15) is 21.5 Å². The maximum Gasteiger partial charge on any atom is 0.257 e. The third-order valence-electron chi connectivity index (χ3n) is 2.79. The van der Waals surface area contributed by atoms with Crippen molar-refractivity contribution in [1.82, 2.24) is 0 Å². The summed E-state index contributed by atoms with van der Waals surface area (Å²) in [6, 6.07) is 10.5. The van der Waals surface area contributed by atoms with Crippen LogP contribution in [0.15, 0.2) is 36.4 Å². The van der Waals surface area contributed by atoms with Crippen molar-refractivity contribution < 1.29 is 9.18 Å². The summed E-state index contributed by atoms with van der Waals surface area (Å²) in [6.45, 7) is 1.81. The highest BCUT2D eigenvalue weighted by Crippen LogP contribution is 2.21. The van der Waals surface area contributed by atoms with Crippen LogP contribution in [-0.4, -0.2) is 5.91 Å². The quantitative estimate of drug-likeness (QED) is 0.911. The van der Waals surface area contributed by atoms with Crippen molar-refractivity contribution in [3.05, 3.63) is 63.9 Å². The molecule has 2 aromatic carbocycles. The number of halogens is 2. The van der Waals surface area contributed by atoms with Crippen LogP contribution < -0.4 is 5.32 Å². The van der Waals surface area contributed by atoms with E-state index in [-0.39, 0.29) is 10.6 Å². The Balaban J connectivity index is 2.30. The lowest BCUT2D eigenvalue weighted by Gasteiger charge is -2.09. The number of hydrogen-bond acceptors (Lipinski definition) is 2. The average Bonchev–Trinajstić information content (AvgIpc) is 2.41. The van der Waals surface area contributed by atoms with Gasteiger partial charge in [0.1, 0.15) is 5.82 Å². The first-order valence-electron chi connectivity index (χ1n) is 5.78. The molecule has 0 heterocycles. The predicted octanol–water partition coefficient (Wildman–Crippen LogP) is 3.91. The molecular formula is C15H10ClFN2O. The first-order chi connectivity index (χ1) is 9.51. The van der Waals surface area contributed by atoms with Crippen LogP contribution in [0.25, 0.3) is 0 Å². The van der Waals surface area contributed by atoms with E-state index in [0.717, 1.165) is 11.6 Å². The standard InChI is InChI=1S/C15H10ClFN2O/c1-9-2-3-10(8-18)6-14(9)19-15(20)12-5-4-11(17)7-13(12)16/h2-7H,1H3,(H,19,20). The highest BCUT2D eigenvalue weighted by molar-refractivity contribution is 6.34. The highest BCUT2D eigenvalue weighted by atomic mass is 35.5. The number of anilines is 1. The Kier molecular flexibility index (Phi) is 4.02. The van der Waals surface area contributed by atoms with E-state index in [2.05, 4.69) is 5.32 Å². The summed E-state index contributed by atoms with van der Waals surface area (Å²) in [5, 5.41) is 11.6. The van der Waals surface area contributed by atoms with Gasteiger partial charge in [-0.15, -0.1) is 0 Å². The van der Waals surface area contributed by atoms with Gasteiger partial charge >= 0.3 is 0 Å². The molecule has 0 radical (unpaired) electrons. The van der Waals surface area contributed by atoms with Gasteiger partial charge in [0.15, 0.2) is 0 Å². The number of carbonyl (C=O) groups is 1. The fourth-order valence-corrected chi connectivity index (χ4v) is 1.94. The van der Waals surface area contributed by atoms with Crippen LogP contribution in [0, 0.1) is 24.1 Å². The largest absolute Gasteiger partial charge is 0.322 e. The molecule has 0 fully saturated rings. The number of nitrogens with one attached hydrogen (secondary N) is 1. The molecule has 20 heavy (non-hydrogen) atoms. The van der Waals surface area contributed by atoms with Crippen molar-refractivity contribution in [2.75, 3.05) is 5.32 Å². The molecule has 1 amide bonds. The van der Waals surface area contributed by atoms with Gasteiger partial charge < -0.3 is 5.32 Å². The molecule has 5 heteroatoms. The second kappa shape index (κ2) is 5.72. The number of nitrogens with zero attached hydrogens (tertiary/aromatic N) is 1. The summed E-state index contributed by atoms with van der Waals surface area (Å²) < 4.78 is 12.9. The molecule has 0 atom stereocenters. The second-order valence-electron chi connectivity index (χ2n) is 4.22. The molecule has 0 unspecified atom stereocenters. The Bertz CT molecular complexity index is 722. The summed E-state index contributed by atoms with van der Waals surface area (Å²) in [5.74, 6) is -0.956. The van der Waals surface area contributed by atoms with Gasteiger partial charge in [0.05, 0.1) is 22.2 Å². The van der Waals surface area contributed by atoms with Gasteiger partial charge in [-0.3, -0.25) is 4.79 Å². The lowest BCUT2D eigenvalue weighted by molar-refractivity contribution is 0.102. The van der Waals surface area contributed by atoms with Crippen molar-refractivity contribution in [2.45, 2.75) is 6.92 Å². The molecule has 0 aliphatic heterocycles. The van der Waals surface area contributed by atoms with Gasteiger partial charge in [0, 0.05) is 5.69 Å². The Hall–Kier alpha value is -2.38. The maximum atomic E-state index is 12.9. The van der Waals surface area contributed by atoms with Crippen molar-refractivity contribution >= 4 is 23.2 Å². The zero-order valence-electron chi connectivity index (χ0n) is 10.6. The van der Waals surface area contributed by atoms with E-state index in [1.54, 1.807) is 18.2 Å². The van der Waals surface area contributed by atoms with Gasteiger partial charge in [0.25, 0.3) is 5.91 Å². The Labute approximate surface area is 120 Å². The van der Waals surface area contributed by atoms with Crippen molar-refractivity contribution in [2.24, 2.45) is 0 Å². The maximum absolute atomic E-state index is 12.9. The minimum Gasteiger partial charge on any atom is -0.322 e. The number of rotatable bonds is 2. The fourth-order valence-electron chi connectivity index (χ4n) is 1.69. The smallest absolute Gasteiger partial charge is 0.257 e. The van der Waals surface area contributed by atoms with Crippen LogP contribution in [0.5, 0.6) is 0 Å². The van der Waals surface area contributed by atoms with Crippen LogP contribution >= 0.6 is 11.6 Å². The summed E-state index contributed by atoms with van der Waals surface area (Å²) in [4.78, 5) is 12.1. The molecule has 0 aliphatic carbocycles. The Morgan fingerprint density at radius 3 is 2.70 bits per heavy atom. The van der Waals surface area contributed by atoms with E-state index in [9.17, 15) is 9.18 Å². The minimum absolute atomic E-state index is 0.0385. The molecule has 0 spiro atoms. The van der Waals surface area contributed by atoms with Gasteiger partial charge in [-0.05, 0) is 42.8 Å². The van der Waals surface area contributed by atoms with Crippen molar-refractivity contribution in [3.8, 4) is 6.07 Å². The third-order valence-corrected chi connectivity index (χ3v) is 3.10. The lowest BCUT2D eigenvalue weighted by atomic mass is 10.1. The third kappa shape index (κ3) is 2.95. The first kappa shape index (κ1) is 14.0. The molecule has 0 saturated heterocycles. The van der Waals surface area contributed by atoms with E-state index in [1.807, 2.05) is 13.0 Å². The molecule has 2 aromatic rings. The fraction of sp³-hybridized carbons (Fsp3) is 0.0667. The second-order valence-corrected chi connectivity index (χ2v) is 4.63. The summed E-state index contributed by atoms with van der Waals surface area (Å²) >= 11 is 5.84. The predicted molar refractivity (Wildman–Crippen MR) is 75.3 cm³/mol. The van der Waals surface area contributed by atoms with E-state index in [0.29, 0.717) is 11.3 Å². The molecular weight excluding hydrogens is 279 g/mol. The zero-order valence-corrected chi connectivity index (χ0v) is 11.3. The molecule has 0 bridgehead atoms. The van der Waals surface area contributed by atoms with Gasteiger partial charge in [-0.2, -0.15) is 5.26 Å². The van der Waals surface area contributed by atoms with Crippen LogP contribution in [0.3, 0.4) is 0 Å². The summed E-state index contributed by atoms with van der Waals surface area (Å²) in [7, 11) is 0. The van der Waals surface area contributed by atoms with Crippen LogP contribution in [-0.2, 0) is 0 Å². The van der Waals surface area contributed by atoms with Gasteiger partial charge in [0.2, 0.25) is 0 Å². The van der Waals surface area contributed by atoms with Crippen LogP contribution in [0.4, 0.5) is 10.1 Å². The summed E-state index contributed by atoms with van der Waals surface area (Å²) in [5.41, 5.74) is 1.95. The topological polar surface area (TPSA) is 52.9 Å². The monoisotopic (exact) mass is 288 g/mol. The normalized spacial score (nSPS) is 9.90. The molecule has 2 rings (SSSR count). The van der Waals surface area contributed by atoms with E-state index < -0.39 is 11.7 Å². The zero-order chi connectivity index (χ0) is 14.7. The SMILES string of the molecule is Cc1ccc(C#N)cc1NC(=O)c1ccc(F)cc1Cl. The lowest BCUT2D eigenvalue weighted by Crippen LogP contribution is -2.13. The molecule has 3 nitrogen and oxygen atoms in total. The number of benzene rings is 2. The van der Waals surface area contributed by atoms with Gasteiger partial charge in [-0.1, -0.05) is 17.7 Å². The van der Waals surface area contributed by atoms with Crippen LogP contribution in [0.2, 0.25) is 5.02 Å². The number of amides is 1. The molecule has 0 saturated carbocycles. The first-order valence-corrected chi connectivity index (χ1v) is 6.16. The number of carbonyl (C=O) groups excluding carboxylic acids is 1. The molecule has 0 aliphatic rings. The Morgan fingerprint density at radius 1 is 1.30 bits per heavy atom. The van der Waals surface area contributed by atoms with E-state index in [4.69, 9.17) is 16.9 Å². The number of hydrogen-bond donors (Lipinski definition) is 1. The highest BCUT2D eigenvalue weighted by Gasteiger charge is 2.12. The number of nitriles is 1. The number of aryl methyl sites for hydroxylation is 1. The van der Waals surface area contributed by atoms with E-state index >= 15 is 0 Å². The minimum atomic E-state index is -0.505. The molecule has 0 aromatic heterocycles. The molecule has 1 N–H and O–H groups in total. The van der Waals surface area contributed by atoms with Crippen molar-refractivity contribution in [3.63, 3.8) is 0 Å². The Morgan fingerprint density at radius 2 is 2.05 bits per heavy atom. The average molecular weight is 289 g/mol. The summed E-state index contributed by atoms with van der Waals surface area (Å²) in [6.07, 6.45) is 0. The van der Waals surface area contributed by atoms with Crippen molar-refractivity contribution in [1.29, 1.82) is 5.26 Å². The van der Waals surface area contributed by atoms with E-state index in [1.165, 1.54) is 12.1 Å². The van der Waals surface area contributed by atoms with Gasteiger partial charge in [-0.25, -0.2) is 4.39 Å². The molecule has 100 valence electrons.